The van der Waals surface area contributed by atoms with Gasteiger partial charge in [0, 0.05) is 11.1 Å². The second-order valence-electron chi connectivity index (χ2n) is 7.14. The highest BCUT2D eigenvalue weighted by molar-refractivity contribution is 5.63. The molecule has 0 saturated heterocycles. The van der Waals surface area contributed by atoms with Crippen molar-refractivity contribution in [2.45, 2.75) is 32.0 Å². The van der Waals surface area contributed by atoms with Gasteiger partial charge in [-0.15, -0.1) is 0 Å². The fourth-order valence-electron chi connectivity index (χ4n) is 4.10. The van der Waals surface area contributed by atoms with Gasteiger partial charge < -0.3 is 9.47 Å². The second-order valence-corrected chi connectivity index (χ2v) is 7.14. The molecule has 0 N–H and O–H groups in total. The maximum absolute atomic E-state index is 6.56. The predicted octanol–water partition coefficient (Wildman–Crippen LogP) is 5.74. The lowest BCUT2D eigenvalue weighted by molar-refractivity contribution is 0.0199. The van der Waals surface area contributed by atoms with E-state index in [1.807, 2.05) is 24.3 Å². The Labute approximate surface area is 148 Å². The van der Waals surface area contributed by atoms with Crippen LogP contribution in [0.4, 0.5) is 0 Å². The van der Waals surface area contributed by atoms with Gasteiger partial charge >= 0.3 is 0 Å². The van der Waals surface area contributed by atoms with Crippen molar-refractivity contribution in [1.82, 2.24) is 0 Å². The molecule has 124 valence electrons. The third-order valence-corrected chi connectivity index (χ3v) is 5.37. The largest absolute Gasteiger partial charge is 0.457 e. The molecule has 3 aromatic rings. The van der Waals surface area contributed by atoms with Crippen LogP contribution >= 0.6 is 0 Å². The third kappa shape index (κ3) is 1.95. The van der Waals surface area contributed by atoms with Gasteiger partial charge in [0.2, 0.25) is 0 Å². The molecule has 0 aromatic heterocycles. The monoisotopic (exact) mass is 328 g/mol. The number of fused-ring (bicyclic) bond motifs is 6. The Balaban J connectivity index is 1.81. The maximum Gasteiger partial charge on any atom is 0.151 e. The molecule has 1 spiro atoms. The van der Waals surface area contributed by atoms with Gasteiger partial charge in [-0.05, 0) is 34.7 Å². The average Bonchev–Trinajstić information content (AvgIpc) is 3.02. The minimum atomic E-state index is -0.573. The molecule has 2 aliphatic heterocycles. The predicted molar refractivity (Wildman–Crippen MR) is 98.2 cm³/mol. The van der Waals surface area contributed by atoms with Gasteiger partial charge in [0.05, 0.1) is 6.61 Å². The number of rotatable bonds is 1. The molecule has 2 heterocycles. The molecular weight excluding hydrogens is 308 g/mol. The van der Waals surface area contributed by atoms with E-state index >= 15 is 0 Å². The average molecular weight is 328 g/mol. The molecule has 0 amide bonds. The first-order valence-electron chi connectivity index (χ1n) is 8.84. The number of ether oxygens (including phenoxy) is 2. The molecule has 0 saturated carbocycles. The quantitative estimate of drug-likeness (QED) is 0.567. The lowest BCUT2D eigenvalue weighted by Crippen LogP contribution is -2.32. The summed E-state index contributed by atoms with van der Waals surface area (Å²) in [7, 11) is 0. The van der Waals surface area contributed by atoms with E-state index < -0.39 is 5.60 Å². The summed E-state index contributed by atoms with van der Waals surface area (Å²) in [6, 6.07) is 23.2. The lowest BCUT2D eigenvalue weighted by Gasteiger charge is -2.37. The van der Waals surface area contributed by atoms with Crippen LogP contribution in [0.15, 0.2) is 66.7 Å². The molecule has 0 radical (unpaired) electrons. The van der Waals surface area contributed by atoms with E-state index in [1.165, 1.54) is 16.7 Å². The van der Waals surface area contributed by atoms with Crippen LogP contribution in [0.5, 0.6) is 11.5 Å². The zero-order valence-electron chi connectivity index (χ0n) is 14.5. The van der Waals surface area contributed by atoms with E-state index in [9.17, 15) is 0 Å². The van der Waals surface area contributed by atoms with Crippen molar-refractivity contribution in [3.8, 4) is 11.5 Å². The molecule has 0 fully saturated rings. The topological polar surface area (TPSA) is 18.5 Å². The molecule has 5 rings (SSSR count). The standard InChI is InChI=1S/C23H20O2/c1-15(2)16-11-12-18-17(13-16)14-24-23(18)19-7-3-5-9-21(19)25-22-10-6-4-8-20(22)23/h3-13,15H,14H2,1-2H3. The zero-order valence-corrected chi connectivity index (χ0v) is 14.5. The van der Waals surface area contributed by atoms with Crippen molar-refractivity contribution >= 4 is 0 Å². The minimum absolute atomic E-state index is 0.510. The van der Waals surface area contributed by atoms with Crippen molar-refractivity contribution in [2.24, 2.45) is 0 Å². The van der Waals surface area contributed by atoms with Crippen LogP contribution in [-0.2, 0) is 16.9 Å². The minimum Gasteiger partial charge on any atom is -0.457 e. The Morgan fingerprint density at radius 1 is 0.800 bits per heavy atom. The van der Waals surface area contributed by atoms with Crippen molar-refractivity contribution in [3.05, 3.63) is 94.5 Å². The summed E-state index contributed by atoms with van der Waals surface area (Å²) in [6.45, 7) is 5.08. The van der Waals surface area contributed by atoms with Crippen molar-refractivity contribution < 1.29 is 9.47 Å². The van der Waals surface area contributed by atoms with E-state index in [4.69, 9.17) is 9.47 Å². The van der Waals surface area contributed by atoms with E-state index in [0.29, 0.717) is 12.5 Å². The molecule has 3 aromatic carbocycles. The Kier molecular flexibility index (Phi) is 3.07. The normalized spacial score (nSPS) is 16.3. The molecule has 0 bridgehead atoms. The van der Waals surface area contributed by atoms with Crippen LogP contribution < -0.4 is 4.74 Å². The number of hydrogen-bond donors (Lipinski definition) is 0. The fraction of sp³-hybridized carbons (Fsp3) is 0.217. The molecule has 0 unspecified atom stereocenters. The highest BCUT2D eigenvalue weighted by Crippen LogP contribution is 2.55. The van der Waals surface area contributed by atoms with Gasteiger partial charge in [0.25, 0.3) is 0 Å². The Hall–Kier alpha value is -2.58. The number of benzene rings is 3. The van der Waals surface area contributed by atoms with Crippen LogP contribution in [0.3, 0.4) is 0 Å². The lowest BCUT2D eigenvalue weighted by atomic mass is 9.77. The van der Waals surface area contributed by atoms with Gasteiger partial charge in [-0.1, -0.05) is 68.4 Å². The smallest absolute Gasteiger partial charge is 0.151 e. The van der Waals surface area contributed by atoms with Crippen LogP contribution in [0, 0.1) is 0 Å². The van der Waals surface area contributed by atoms with Crippen LogP contribution in [0.2, 0.25) is 0 Å². The number of para-hydroxylation sites is 2. The molecule has 2 nitrogen and oxygen atoms in total. The first kappa shape index (κ1) is 14.7. The summed E-state index contributed by atoms with van der Waals surface area (Å²) in [5.74, 6) is 2.26. The van der Waals surface area contributed by atoms with E-state index in [2.05, 4.69) is 56.3 Å². The van der Waals surface area contributed by atoms with Gasteiger partial charge in [0.15, 0.2) is 5.60 Å². The summed E-state index contributed by atoms with van der Waals surface area (Å²) in [6.07, 6.45) is 0. The van der Waals surface area contributed by atoms with Gasteiger partial charge in [-0.3, -0.25) is 0 Å². The van der Waals surface area contributed by atoms with E-state index in [1.54, 1.807) is 0 Å². The van der Waals surface area contributed by atoms with Gasteiger partial charge in [0.1, 0.15) is 11.5 Å². The maximum atomic E-state index is 6.56. The third-order valence-electron chi connectivity index (χ3n) is 5.37. The van der Waals surface area contributed by atoms with Gasteiger partial charge in [-0.2, -0.15) is 0 Å². The highest BCUT2D eigenvalue weighted by atomic mass is 16.5. The zero-order chi connectivity index (χ0) is 17.0. The molecule has 25 heavy (non-hydrogen) atoms. The molecule has 0 aliphatic carbocycles. The first-order chi connectivity index (χ1) is 12.2. The SMILES string of the molecule is CC(C)c1ccc2c(c1)COC21c2ccccc2Oc2ccccc21. The summed E-state index contributed by atoms with van der Waals surface area (Å²) < 4.78 is 12.7. The van der Waals surface area contributed by atoms with Crippen LogP contribution in [-0.4, -0.2) is 0 Å². The molecule has 2 aliphatic rings. The molecule has 2 heteroatoms. The van der Waals surface area contributed by atoms with Crippen LogP contribution in [0.1, 0.15) is 47.6 Å². The van der Waals surface area contributed by atoms with Crippen LogP contribution in [0.25, 0.3) is 0 Å². The highest BCUT2D eigenvalue weighted by Gasteiger charge is 2.49. The summed E-state index contributed by atoms with van der Waals surface area (Å²) in [4.78, 5) is 0. The Bertz CT molecular complexity index is 926. The first-order valence-corrected chi connectivity index (χ1v) is 8.84. The summed E-state index contributed by atoms with van der Waals surface area (Å²) >= 11 is 0. The summed E-state index contributed by atoms with van der Waals surface area (Å²) in [5.41, 5.74) is 5.47. The van der Waals surface area contributed by atoms with E-state index in [-0.39, 0.29) is 0 Å². The van der Waals surface area contributed by atoms with Crippen molar-refractivity contribution in [2.75, 3.05) is 0 Å². The Morgan fingerprint density at radius 2 is 1.44 bits per heavy atom. The number of hydrogen-bond acceptors (Lipinski definition) is 2. The fourth-order valence-corrected chi connectivity index (χ4v) is 4.10. The van der Waals surface area contributed by atoms with Gasteiger partial charge in [-0.25, -0.2) is 0 Å². The summed E-state index contributed by atoms with van der Waals surface area (Å²) in [5, 5.41) is 0. The van der Waals surface area contributed by atoms with Crippen molar-refractivity contribution in [1.29, 1.82) is 0 Å². The Morgan fingerprint density at radius 3 is 2.08 bits per heavy atom. The molecular formula is C23H20O2. The second kappa shape index (κ2) is 5.21. The van der Waals surface area contributed by atoms with Crippen molar-refractivity contribution in [3.63, 3.8) is 0 Å². The molecule has 0 atom stereocenters. The van der Waals surface area contributed by atoms with E-state index in [0.717, 1.165) is 22.6 Å².